The molecule has 1 fully saturated rings. The summed E-state index contributed by atoms with van der Waals surface area (Å²) in [6.45, 7) is 2.71. The lowest BCUT2D eigenvalue weighted by Gasteiger charge is -2.22. The summed E-state index contributed by atoms with van der Waals surface area (Å²) in [5, 5.41) is 0. The number of carbonyl (C=O) groups excluding carboxylic acids is 1. The zero-order valence-electron chi connectivity index (χ0n) is 12.7. The first kappa shape index (κ1) is 14.6. The number of amides is 1. The Morgan fingerprint density at radius 2 is 2.05 bits per heavy atom. The Kier molecular flexibility index (Phi) is 4.37. The number of rotatable bonds is 6. The predicted octanol–water partition coefficient (Wildman–Crippen LogP) is 2.96. The Morgan fingerprint density at radius 1 is 1.27 bits per heavy atom. The van der Waals surface area contributed by atoms with Crippen LogP contribution in [-0.4, -0.2) is 28.4 Å². The number of hydrogen-bond acceptors (Lipinski definition) is 3. The number of hydrogen-bond donors (Lipinski definition) is 0. The van der Waals surface area contributed by atoms with Gasteiger partial charge in [-0.1, -0.05) is 23.8 Å². The Morgan fingerprint density at radius 3 is 2.68 bits per heavy atom. The maximum Gasteiger partial charge on any atom is 0.261 e. The lowest BCUT2D eigenvalue weighted by Crippen LogP contribution is -2.36. The van der Waals surface area contributed by atoms with Crippen LogP contribution in [-0.2, 0) is 11.3 Å². The maximum atomic E-state index is 12.4. The van der Waals surface area contributed by atoms with Crippen molar-refractivity contribution >= 4 is 5.91 Å². The first-order chi connectivity index (χ1) is 10.7. The van der Waals surface area contributed by atoms with Crippen molar-refractivity contribution in [2.24, 2.45) is 0 Å². The van der Waals surface area contributed by atoms with E-state index in [4.69, 9.17) is 4.74 Å². The molecule has 1 saturated carbocycles. The molecule has 0 N–H and O–H groups in total. The van der Waals surface area contributed by atoms with Gasteiger partial charge in [0.1, 0.15) is 5.75 Å². The first-order valence-electron chi connectivity index (χ1n) is 7.60. The lowest BCUT2D eigenvalue weighted by molar-refractivity contribution is -0.134. The van der Waals surface area contributed by atoms with E-state index in [1.807, 2.05) is 54.4 Å². The molecule has 0 aliphatic heterocycles. The fourth-order valence-electron chi connectivity index (χ4n) is 2.36. The van der Waals surface area contributed by atoms with Crippen LogP contribution in [0, 0.1) is 6.92 Å². The van der Waals surface area contributed by atoms with Crippen LogP contribution >= 0.6 is 0 Å². The van der Waals surface area contributed by atoms with Crippen molar-refractivity contribution in [3.05, 3.63) is 59.9 Å². The number of aryl methyl sites for hydroxylation is 1. The smallest absolute Gasteiger partial charge is 0.261 e. The van der Waals surface area contributed by atoms with Gasteiger partial charge in [0.05, 0.1) is 0 Å². The predicted molar refractivity (Wildman–Crippen MR) is 84.5 cm³/mol. The average molecular weight is 296 g/mol. The molecule has 0 radical (unpaired) electrons. The van der Waals surface area contributed by atoms with E-state index in [-0.39, 0.29) is 12.5 Å². The fraction of sp³-hybridized carbons (Fsp3) is 0.333. The summed E-state index contributed by atoms with van der Waals surface area (Å²) < 4.78 is 5.61. The van der Waals surface area contributed by atoms with Gasteiger partial charge < -0.3 is 9.64 Å². The van der Waals surface area contributed by atoms with Gasteiger partial charge in [-0.15, -0.1) is 0 Å². The van der Waals surface area contributed by atoms with Gasteiger partial charge in [-0.25, -0.2) is 0 Å². The number of aromatic nitrogens is 1. The Balaban J connectivity index is 1.59. The van der Waals surface area contributed by atoms with Gasteiger partial charge in [-0.2, -0.15) is 0 Å². The minimum atomic E-state index is 0.0342. The number of carbonyl (C=O) groups is 1. The van der Waals surface area contributed by atoms with Gasteiger partial charge >= 0.3 is 0 Å². The van der Waals surface area contributed by atoms with Crippen LogP contribution in [0.15, 0.2) is 48.8 Å². The third kappa shape index (κ3) is 3.85. The molecule has 1 aromatic heterocycles. The molecular formula is C18H20N2O2. The molecule has 1 aromatic carbocycles. The molecule has 0 spiro atoms. The summed E-state index contributed by atoms with van der Waals surface area (Å²) >= 11 is 0. The van der Waals surface area contributed by atoms with E-state index in [0.29, 0.717) is 12.6 Å². The molecule has 4 heteroatoms. The first-order valence-corrected chi connectivity index (χ1v) is 7.60. The summed E-state index contributed by atoms with van der Waals surface area (Å²) in [5.41, 5.74) is 2.23. The molecule has 3 rings (SSSR count). The molecule has 0 unspecified atom stereocenters. The molecule has 1 aliphatic rings. The molecule has 0 atom stereocenters. The lowest BCUT2D eigenvalue weighted by atomic mass is 10.2. The van der Waals surface area contributed by atoms with Crippen LogP contribution in [0.25, 0.3) is 0 Å². The van der Waals surface area contributed by atoms with Crippen molar-refractivity contribution in [1.29, 1.82) is 0 Å². The molecule has 1 amide bonds. The molecule has 22 heavy (non-hydrogen) atoms. The van der Waals surface area contributed by atoms with E-state index in [0.717, 1.165) is 24.2 Å². The Labute approximate surface area is 130 Å². The van der Waals surface area contributed by atoms with E-state index >= 15 is 0 Å². The third-order valence-electron chi connectivity index (χ3n) is 3.77. The highest BCUT2D eigenvalue weighted by Gasteiger charge is 2.32. The molecule has 4 nitrogen and oxygen atoms in total. The maximum absolute atomic E-state index is 12.4. The van der Waals surface area contributed by atoms with Crippen molar-refractivity contribution in [3.8, 4) is 5.75 Å². The summed E-state index contributed by atoms with van der Waals surface area (Å²) in [6, 6.07) is 12.0. The summed E-state index contributed by atoms with van der Waals surface area (Å²) in [5.74, 6) is 0.767. The second-order valence-corrected chi connectivity index (χ2v) is 5.72. The minimum Gasteiger partial charge on any atom is -0.484 e. The number of ether oxygens (including phenoxy) is 1. The molecule has 0 bridgehead atoms. The monoisotopic (exact) mass is 296 g/mol. The van der Waals surface area contributed by atoms with Crippen molar-refractivity contribution in [1.82, 2.24) is 9.88 Å². The molecule has 2 aromatic rings. The summed E-state index contributed by atoms with van der Waals surface area (Å²) in [4.78, 5) is 18.5. The highest BCUT2D eigenvalue weighted by atomic mass is 16.5. The van der Waals surface area contributed by atoms with Crippen molar-refractivity contribution in [3.63, 3.8) is 0 Å². The van der Waals surface area contributed by atoms with E-state index < -0.39 is 0 Å². The van der Waals surface area contributed by atoms with E-state index in [1.54, 1.807) is 6.20 Å². The highest BCUT2D eigenvalue weighted by molar-refractivity contribution is 5.78. The van der Waals surface area contributed by atoms with E-state index in [1.165, 1.54) is 5.56 Å². The number of nitrogens with zero attached hydrogens (tertiary/aromatic N) is 2. The standard InChI is InChI=1S/C18H20N2O2/c1-14-4-8-17(9-5-14)22-13-18(21)20(16-6-7-16)12-15-3-2-10-19-11-15/h2-5,8-11,16H,6-7,12-13H2,1H3. The van der Waals surface area contributed by atoms with E-state index in [2.05, 4.69) is 4.98 Å². The molecule has 114 valence electrons. The largest absolute Gasteiger partial charge is 0.484 e. The summed E-state index contributed by atoms with van der Waals surface area (Å²) in [7, 11) is 0. The van der Waals surface area contributed by atoms with Gasteiger partial charge in [-0.05, 0) is 43.5 Å². The molecular weight excluding hydrogens is 276 g/mol. The van der Waals surface area contributed by atoms with Crippen molar-refractivity contribution in [2.45, 2.75) is 32.4 Å². The minimum absolute atomic E-state index is 0.0342. The highest BCUT2D eigenvalue weighted by Crippen LogP contribution is 2.28. The molecule has 1 aliphatic carbocycles. The SMILES string of the molecule is Cc1ccc(OCC(=O)N(Cc2cccnc2)C2CC2)cc1. The van der Waals surface area contributed by atoms with Gasteiger partial charge in [0.15, 0.2) is 6.61 Å². The zero-order valence-corrected chi connectivity index (χ0v) is 12.7. The van der Waals surface area contributed by atoms with Crippen molar-refractivity contribution in [2.75, 3.05) is 6.61 Å². The number of pyridine rings is 1. The normalized spacial score (nSPS) is 13.7. The van der Waals surface area contributed by atoms with Gasteiger partial charge in [0, 0.05) is 25.0 Å². The fourth-order valence-corrected chi connectivity index (χ4v) is 2.36. The van der Waals surface area contributed by atoms with Crippen molar-refractivity contribution < 1.29 is 9.53 Å². The van der Waals surface area contributed by atoms with Gasteiger partial charge in [-0.3, -0.25) is 9.78 Å². The van der Waals surface area contributed by atoms with E-state index in [9.17, 15) is 4.79 Å². The average Bonchev–Trinajstić information content (AvgIpc) is 3.37. The van der Waals surface area contributed by atoms with Crippen LogP contribution in [0.5, 0.6) is 5.75 Å². The molecule has 0 saturated heterocycles. The molecule has 1 heterocycles. The van der Waals surface area contributed by atoms with Crippen LogP contribution < -0.4 is 4.74 Å². The third-order valence-corrected chi connectivity index (χ3v) is 3.77. The van der Waals surface area contributed by atoms with Gasteiger partial charge in [0.2, 0.25) is 0 Å². The second kappa shape index (κ2) is 6.60. The van der Waals surface area contributed by atoms with Gasteiger partial charge in [0.25, 0.3) is 5.91 Å². The quantitative estimate of drug-likeness (QED) is 0.823. The zero-order chi connectivity index (χ0) is 15.4. The van der Waals surface area contributed by atoms with Crippen LogP contribution in [0.4, 0.5) is 0 Å². The van der Waals surface area contributed by atoms with Crippen LogP contribution in [0.2, 0.25) is 0 Å². The van der Waals surface area contributed by atoms with Crippen LogP contribution in [0.3, 0.4) is 0 Å². The Hall–Kier alpha value is -2.36. The summed E-state index contributed by atoms with van der Waals surface area (Å²) in [6.07, 6.45) is 5.71. The topological polar surface area (TPSA) is 42.4 Å². The number of benzene rings is 1. The van der Waals surface area contributed by atoms with Crippen LogP contribution in [0.1, 0.15) is 24.0 Å². The Bertz CT molecular complexity index is 621. The second-order valence-electron chi connectivity index (χ2n) is 5.72.